The summed E-state index contributed by atoms with van der Waals surface area (Å²) in [6.07, 6.45) is -4.74. The summed E-state index contributed by atoms with van der Waals surface area (Å²) in [5.41, 5.74) is -1.27. The van der Waals surface area contributed by atoms with Crippen molar-refractivity contribution in [3.63, 3.8) is 0 Å². The number of halogens is 5. The van der Waals surface area contributed by atoms with Crippen LogP contribution in [0.2, 0.25) is 0 Å². The van der Waals surface area contributed by atoms with Crippen LogP contribution in [0.1, 0.15) is 5.56 Å². The molecule has 0 radical (unpaired) electrons. The van der Waals surface area contributed by atoms with Crippen molar-refractivity contribution in [3.05, 3.63) is 48.9 Å². The van der Waals surface area contributed by atoms with Crippen LogP contribution in [0.25, 0.3) is 0 Å². The van der Waals surface area contributed by atoms with Gasteiger partial charge in [-0.3, -0.25) is 0 Å². The molecule has 132 valence electrons. The summed E-state index contributed by atoms with van der Waals surface area (Å²) in [7, 11) is 4.39. The first-order chi connectivity index (χ1) is 11.3. The van der Waals surface area contributed by atoms with Crippen molar-refractivity contribution < 1.29 is 53.0 Å². The molecule has 2 aromatic carbocycles. The van der Waals surface area contributed by atoms with Gasteiger partial charge in [0.05, 0.1) is 0 Å². The Labute approximate surface area is 146 Å². The van der Waals surface area contributed by atoms with E-state index in [0.29, 0.717) is 24.4 Å². The van der Waals surface area contributed by atoms with Crippen LogP contribution in [-0.2, 0) is 6.18 Å². The van der Waals surface area contributed by atoms with E-state index in [-0.39, 0.29) is 0 Å². The molecule has 0 aliphatic carbocycles. The van der Waals surface area contributed by atoms with Gasteiger partial charge in [0.25, 0.3) is 0 Å². The van der Waals surface area contributed by atoms with Crippen LogP contribution in [0.5, 0.6) is 17.2 Å². The molecule has 3 nitrogen and oxygen atoms in total. The molecule has 0 aromatic heterocycles. The maximum absolute atomic E-state index is 13.4. The summed E-state index contributed by atoms with van der Waals surface area (Å²) in [5.74, 6) is 0.129. The molecule has 24 heavy (non-hydrogen) atoms. The third-order valence-electron chi connectivity index (χ3n) is 3.09. The number of methoxy groups -OCH3 is 3. The van der Waals surface area contributed by atoms with Crippen LogP contribution in [-0.4, -0.2) is 21.3 Å². The van der Waals surface area contributed by atoms with Gasteiger partial charge in [-0.2, -0.15) is 0 Å². The van der Waals surface area contributed by atoms with E-state index in [1.165, 1.54) is 27.4 Å². The Hall–Kier alpha value is -1.71. The number of ether oxygens (including phenoxy) is 3. The fourth-order valence-corrected chi connectivity index (χ4v) is 4.67. The van der Waals surface area contributed by atoms with Crippen molar-refractivity contribution in [3.8, 4) is 17.2 Å². The number of benzene rings is 2. The topological polar surface area (TPSA) is 27.7 Å². The van der Waals surface area contributed by atoms with Crippen molar-refractivity contribution in [2.75, 3.05) is 21.3 Å². The van der Waals surface area contributed by atoms with E-state index in [4.69, 9.17) is 14.2 Å². The fraction of sp³-hybridized carbons (Fsp3) is 0.250. The molecule has 2 aromatic rings. The van der Waals surface area contributed by atoms with Gasteiger partial charge in [-0.05, 0) is 0 Å². The predicted molar refractivity (Wildman–Crippen MR) is 74.9 cm³/mol. The van der Waals surface area contributed by atoms with Crippen molar-refractivity contribution in [2.24, 2.45) is 0 Å². The molecule has 0 saturated heterocycles. The number of alkyl halides is 3. The van der Waals surface area contributed by atoms with Gasteiger partial charge in [-0.25, -0.2) is 0 Å². The minimum atomic E-state index is -4.74. The van der Waals surface area contributed by atoms with E-state index < -0.39 is 38.8 Å². The molecule has 0 aliphatic heterocycles. The van der Waals surface area contributed by atoms with Crippen molar-refractivity contribution in [2.45, 2.75) is 6.18 Å². The number of hydrogen-bond acceptors (Lipinski definition) is 3. The monoisotopic (exact) mass is 457 g/mol. The Kier molecular flexibility index (Phi) is 5.79. The maximum atomic E-state index is 13.4. The molecule has 0 atom stereocenters. The Morgan fingerprint density at radius 2 is 1.46 bits per heavy atom. The van der Waals surface area contributed by atoms with Crippen LogP contribution < -0.4 is 35.4 Å². The van der Waals surface area contributed by atoms with Gasteiger partial charge in [0.15, 0.2) is 0 Å². The first-order valence-corrected chi connectivity index (χ1v) is 8.77. The van der Waals surface area contributed by atoms with Crippen LogP contribution in [0.4, 0.5) is 17.6 Å². The first kappa shape index (κ1) is 18.6. The quantitative estimate of drug-likeness (QED) is 0.496. The van der Waals surface area contributed by atoms with Crippen LogP contribution in [0.3, 0.4) is 0 Å². The molecule has 0 unspecified atom stereocenters. The normalized spacial score (nSPS) is 11.5. The molecule has 0 fully saturated rings. The van der Waals surface area contributed by atoms with Gasteiger partial charge in [0, 0.05) is 0 Å². The third kappa shape index (κ3) is 4.03. The second-order valence-electron chi connectivity index (χ2n) is 4.56. The Bertz CT molecular complexity index is 707. The number of hydrogen-bond donors (Lipinski definition) is 0. The SMILES string of the molecule is COc1cc(OC)c([I-]c2ccc(F)c(C(F)(F)F)c2)c(OC)c1. The van der Waals surface area contributed by atoms with Crippen LogP contribution in [0.15, 0.2) is 30.3 Å². The van der Waals surface area contributed by atoms with Gasteiger partial charge in [0.2, 0.25) is 0 Å². The average Bonchev–Trinajstić information content (AvgIpc) is 2.55. The zero-order valence-corrected chi connectivity index (χ0v) is 15.2. The molecular weight excluding hydrogens is 443 g/mol. The Morgan fingerprint density at radius 3 is 1.92 bits per heavy atom. The van der Waals surface area contributed by atoms with Crippen LogP contribution >= 0.6 is 0 Å². The fourth-order valence-electron chi connectivity index (χ4n) is 1.94. The summed E-state index contributed by atoms with van der Waals surface area (Å²) < 4.78 is 68.8. The molecule has 0 bridgehead atoms. The molecule has 0 aliphatic rings. The van der Waals surface area contributed by atoms with E-state index in [1.54, 1.807) is 12.1 Å². The summed E-state index contributed by atoms with van der Waals surface area (Å²) in [4.78, 5) is 0. The van der Waals surface area contributed by atoms with Gasteiger partial charge in [0.1, 0.15) is 0 Å². The molecule has 2 rings (SSSR count). The molecular formula is C16H14F4IO3-. The molecule has 0 amide bonds. The number of rotatable bonds is 5. The average molecular weight is 457 g/mol. The Morgan fingerprint density at radius 1 is 0.875 bits per heavy atom. The van der Waals surface area contributed by atoms with Crippen molar-refractivity contribution in [1.29, 1.82) is 0 Å². The minimum absolute atomic E-state index is 0.393. The predicted octanol–water partition coefficient (Wildman–Crippen LogP) is 0.999. The summed E-state index contributed by atoms with van der Waals surface area (Å²) in [6, 6.07) is 6.28. The molecule has 0 N–H and O–H groups in total. The van der Waals surface area contributed by atoms with Crippen molar-refractivity contribution in [1.82, 2.24) is 0 Å². The second-order valence-corrected chi connectivity index (χ2v) is 7.43. The molecule has 0 heterocycles. The zero-order valence-electron chi connectivity index (χ0n) is 13.0. The van der Waals surface area contributed by atoms with E-state index in [0.717, 1.165) is 12.1 Å². The summed E-state index contributed by atoms with van der Waals surface area (Å²) >= 11 is -1.10. The van der Waals surface area contributed by atoms with E-state index in [1.807, 2.05) is 0 Å². The molecule has 0 spiro atoms. The van der Waals surface area contributed by atoms with Crippen molar-refractivity contribution >= 4 is 0 Å². The van der Waals surface area contributed by atoms with Crippen LogP contribution in [0, 0.1) is 13.0 Å². The van der Waals surface area contributed by atoms with Gasteiger partial charge in [-0.1, -0.05) is 0 Å². The van der Waals surface area contributed by atoms with E-state index >= 15 is 0 Å². The summed E-state index contributed by atoms with van der Waals surface area (Å²) in [6.45, 7) is 0. The first-order valence-electron chi connectivity index (χ1n) is 6.61. The molecule has 8 heteroatoms. The third-order valence-corrected chi connectivity index (χ3v) is 5.99. The van der Waals surface area contributed by atoms with Gasteiger partial charge < -0.3 is 0 Å². The van der Waals surface area contributed by atoms with E-state index in [2.05, 4.69) is 0 Å². The summed E-state index contributed by atoms with van der Waals surface area (Å²) in [5, 5.41) is 0. The van der Waals surface area contributed by atoms with Gasteiger partial charge >= 0.3 is 147 Å². The standard InChI is InChI=1S/C16H14F4IO3/c1-22-10-7-13(23-2)15(14(8-10)24-3)21-9-4-5-12(17)11(6-9)16(18,19)20/h4-8H,1-3H3/q-1. The molecule has 0 saturated carbocycles. The van der Waals surface area contributed by atoms with Gasteiger partial charge in [-0.15, -0.1) is 0 Å². The van der Waals surface area contributed by atoms with E-state index in [9.17, 15) is 17.6 Å². The second kappa shape index (κ2) is 7.45. The zero-order chi connectivity index (χ0) is 17.9. The Balaban J connectivity index is 2.48.